The minimum Gasteiger partial charge on any atom is -0.397 e. The molecule has 5 heteroatoms. The Bertz CT molecular complexity index is 468. The largest absolute Gasteiger partial charge is 0.397 e. The number of rotatable bonds is 5. The van der Waals surface area contributed by atoms with Crippen molar-refractivity contribution in [3.05, 3.63) is 48.5 Å². The first kappa shape index (κ1) is 12.1. The third-order valence-corrected chi connectivity index (χ3v) is 2.44. The number of hydrogen-bond donors (Lipinski definition) is 4. The summed E-state index contributed by atoms with van der Waals surface area (Å²) >= 11 is 0. The highest BCUT2D eigenvalue weighted by Crippen LogP contribution is 2.18. The zero-order valence-electron chi connectivity index (χ0n) is 9.89. The van der Waals surface area contributed by atoms with E-state index in [1.165, 1.54) is 0 Å². The monoisotopic (exact) mass is 244 g/mol. The molecule has 0 fully saturated rings. The van der Waals surface area contributed by atoms with Crippen LogP contribution in [-0.2, 0) is 4.84 Å². The fourth-order valence-electron chi connectivity index (χ4n) is 1.48. The maximum absolute atomic E-state index is 5.78. The van der Waals surface area contributed by atoms with E-state index < -0.39 is 0 Å². The molecule has 0 amide bonds. The van der Waals surface area contributed by atoms with E-state index in [2.05, 4.69) is 10.8 Å². The summed E-state index contributed by atoms with van der Waals surface area (Å²) in [6.45, 7) is 0.280. The summed E-state index contributed by atoms with van der Waals surface area (Å²) in [5.74, 6) is 0. The Kier molecular flexibility index (Phi) is 3.88. The average molecular weight is 244 g/mol. The van der Waals surface area contributed by atoms with Crippen LogP contribution < -0.4 is 22.3 Å². The molecule has 0 saturated heterocycles. The summed E-state index contributed by atoms with van der Waals surface area (Å²) in [6.07, 6.45) is 0. The van der Waals surface area contributed by atoms with E-state index in [4.69, 9.17) is 16.3 Å². The lowest BCUT2D eigenvalue weighted by molar-refractivity contribution is 0.216. The van der Waals surface area contributed by atoms with Gasteiger partial charge in [-0.15, -0.1) is 0 Å². The molecule has 0 aromatic heterocycles. The van der Waals surface area contributed by atoms with E-state index in [0.717, 1.165) is 11.4 Å². The van der Waals surface area contributed by atoms with Gasteiger partial charge in [-0.05, 0) is 24.3 Å². The second-order valence-electron chi connectivity index (χ2n) is 3.74. The van der Waals surface area contributed by atoms with Crippen molar-refractivity contribution in [1.82, 2.24) is 0 Å². The molecule has 5 nitrogen and oxygen atoms in total. The second-order valence-corrected chi connectivity index (χ2v) is 3.74. The average Bonchev–Trinajstić information content (AvgIpc) is 2.38. The van der Waals surface area contributed by atoms with Gasteiger partial charge in [-0.1, -0.05) is 24.3 Å². The van der Waals surface area contributed by atoms with Gasteiger partial charge in [0, 0.05) is 0 Å². The molecule has 18 heavy (non-hydrogen) atoms. The summed E-state index contributed by atoms with van der Waals surface area (Å²) in [4.78, 5) is 5.26. The maximum Gasteiger partial charge on any atom is 0.144 e. The Morgan fingerprint density at radius 3 is 2.00 bits per heavy atom. The number of nitrogen functional groups attached to an aromatic ring is 2. The van der Waals surface area contributed by atoms with Crippen molar-refractivity contribution in [2.24, 2.45) is 0 Å². The molecule has 0 atom stereocenters. The fraction of sp³-hybridized carbons (Fsp3) is 0.0769. The van der Waals surface area contributed by atoms with Crippen LogP contribution in [-0.4, -0.2) is 6.73 Å². The van der Waals surface area contributed by atoms with Crippen LogP contribution in [0.1, 0.15) is 0 Å². The van der Waals surface area contributed by atoms with E-state index in [1.807, 2.05) is 42.5 Å². The van der Waals surface area contributed by atoms with Gasteiger partial charge in [0.15, 0.2) is 0 Å². The summed E-state index contributed by atoms with van der Waals surface area (Å²) in [5.41, 5.74) is 17.2. The Morgan fingerprint density at radius 2 is 1.39 bits per heavy atom. The van der Waals surface area contributed by atoms with Crippen LogP contribution in [0.4, 0.5) is 22.7 Å². The third kappa shape index (κ3) is 3.05. The molecular weight excluding hydrogens is 228 g/mol. The lowest BCUT2D eigenvalue weighted by atomic mass is 10.3. The zero-order chi connectivity index (χ0) is 12.8. The van der Waals surface area contributed by atoms with Gasteiger partial charge in [-0.25, -0.2) is 0 Å². The number of benzene rings is 2. The fourth-order valence-corrected chi connectivity index (χ4v) is 1.48. The predicted molar refractivity (Wildman–Crippen MR) is 74.9 cm³/mol. The van der Waals surface area contributed by atoms with E-state index in [0.29, 0.717) is 11.4 Å². The van der Waals surface area contributed by atoms with Crippen molar-refractivity contribution in [3.8, 4) is 0 Å². The van der Waals surface area contributed by atoms with E-state index in [-0.39, 0.29) is 6.73 Å². The quantitative estimate of drug-likeness (QED) is 0.280. The van der Waals surface area contributed by atoms with Crippen molar-refractivity contribution in [2.75, 3.05) is 29.0 Å². The number of para-hydroxylation sites is 4. The molecule has 0 heterocycles. The standard InChI is InChI=1S/C13H16N4O/c14-10-5-1-3-7-12(10)16-9-18-17-13-8-4-2-6-11(13)15/h1-8,16-17H,9,14-15H2. The van der Waals surface area contributed by atoms with Gasteiger partial charge in [-0.2, -0.15) is 0 Å². The lowest BCUT2D eigenvalue weighted by Crippen LogP contribution is -2.12. The predicted octanol–water partition coefficient (Wildman–Crippen LogP) is 2.26. The summed E-state index contributed by atoms with van der Waals surface area (Å²) in [5, 5.41) is 3.05. The van der Waals surface area contributed by atoms with Gasteiger partial charge in [0.05, 0.1) is 22.7 Å². The Morgan fingerprint density at radius 1 is 0.833 bits per heavy atom. The number of nitrogens with one attached hydrogen (secondary N) is 2. The summed E-state index contributed by atoms with van der Waals surface area (Å²) in [6, 6.07) is 14.9. The third-order valence-electron chi connectivity index (χ3n) is 2.44. The first-order valence-electron chi connectivity index (χ1n) is 5.58. The minimum absolute atomic E-state index is 0.280. The molecule has 0 radical (unpaired) electrons. The Hall–Kier alpha value is -2.40. The molecule has 0 aliphatic carbocycles. The van der Waals surface area contributed by atoms with Crippen LogP contribution in [0, 0.1) is 0 Å². The van der Waals surface area contributed by atoms with E-state index in [9.17, 15) is 0 Å². The normalized spacial score (nSPS) is 10.0. The highest BCUT2D eigenvalue weighted by atomic mass is 16.7. The van der Waals surface area contributed by atoms with Crippen molar-refractivity contribution >= 4 is 22.7 Å². The first-order chi connectivity index (χ1) is 8.77. The van der Waals surface area contributed by atoms with Crippen LogP contribution in [0.2, 0.25) is 0 Å². The summed E-state index contributed by atoms with van der Waals surface area (Å²) < 4.78 is 0. The van der Waals surface area contributed by atoms with Gasteiger partial charge in [0.2, 0.25) is 0 Å². The number of nitrogens with two attached hydrogens (primary N) is 2. The number of anilines is 4. The lowest BCUT2D eigenvalue weighted by Gasteiger charge is -2.11. The second kappa shape index (κ2) is 5.79. The topological polar surface area (TPSA) is 85.3 Å². The van der Waals surface area contributed by atoms with Crippen molar-refractivity contribution in [2.45, 2.75) is 0 Å². The number of hydrogen-bond acceptors (Lipinski definition) is 5. The molecule has 2 rings (SSSR count). The van der Waals surface area contributed by atoms with Gasteiger partial charge in [0.25, 0.3) is 0 Å². The Labute approximate surface area is 106 Å². The van der Waals surface area contributed by atoms with Crippen LogP contribution in [0.3, 0.4) is 0 Å². The van der Waals surface area contributed by atoms with Crippen molar-refractivity contribution in [1.29, 1.82) is 0 Å². The minimum atomic E-state index is 0.280. The highest BCUT2D eigenvalue weighted by Gasteiger charge is 1.98. The molecule has 2 aromatic carbocycles. The smallest absolute Gasteiger partial charge is 0.144 e. The van der Waals surface area contributed by atoms with Gasteiger partial charge in [0.1, 0.15) is 6.73 Å². The van der Waals surface area contributed by atoms with Crippen LogP contribution >= 0.6 is 0 Å². The van der Waals surface area contributed by atoms with Crippen LogP contribution in [0.5, 0.6) is 0 Å². The van der Waals surface area contributed by atoms with Gasteiger partial charge >= 0.3 is 0 Å². The van der Waals surface area contributed by atoms with Gasteiger partial charge < -0.3 is 16.8 Å². The molecule has 94 valence electrons. The highest BCUT2D eigenvalue weighted by molar-refractivity contribution is 5.66. The summed E-state index contributed by atoms with van der Waals surface area (Å²) in [7, 11) is 0. The molecule has 0 bridgehead atoms. The maximum atomic E-state index is 5.78. The van der Waals surface area contributed by atoms with E-state index in [1.54, 1.807) is 6.07 Å². The van der Waals surface area contributed by atoms with Crippen molar-refractivity contribution < 1.29 is 4.84 Å². The Balaban J connectivity index is 1.80. The van der Waals surface area contributed by atoms with Crippen LogP contribution in [0.25, 0.3) is 0 Å². The molecule has 0 aliphatic heterocycles. The molecule has 0 aliphatic rings. The molecule has 0 saturated carbocycles. The SMILES string of the molecule is Nc1ccccc1NCONc1ccccc1N. The molecule has 0 spiro atoms. The zero-order valence-corrected chi connectivity index (χ0v) is 9.89. The molecule has 2 aromatic rings. The van der Waals surface area contributed by atoms with Crippen LogP contribution in [0.15, 0.2) is 48.5 Å². The molecule has 0 unspecified atom stereocenters. The van der Waals surface area contributed by atoms with Gasteiger partial charge in [-0.3, -0.25) is 10.3 Å². The van der Waals surface area contributed by atoms with E-state index >= 15 is 0 Å². The van der Waals surface area contributed by atoms with Crippen molar-refractivity contribution in [3.63, 3.8) is 0 Å². The molecule has 6 N–H and O–H groups in total. The first-order valence-corrected chi connectivity index (χ1v) is 5.58. The molecular formula is C13H16N4O.